The summed E-state index contributed by atoms with van der Waals surface area (Å²) in [5.41, 5.74) is 9.90. The number of carbonyl (C=O) groups excluding carboxylic acids is 1. The lowest BCUT2D eigenvalue weighted by molar-refractivity contribution is -0.115. The highest BCUT2D eigenvalue weighted by molar-refractivity contribution is 8.16. The summed E-state index contributed by atoms with van der Waals surface area (Å²) in [6.45, 7) is 1.83. The number of benzene rings is 2. The standard InChI is InChI=1S/C20H16ClN3OS/c1-12-17(19(22)25)18(14-5-3-2-4-6-14)24-16(11-26-20(24)23-12)13-7-9-15(21)10-8-13/h2-11,18H,1H3,(H2,22,25)/t18-/m0/s1. The first-order valence-corrected chi connectivity index (χ1v) is 9.38. The quantitative estimate of drug-likeness (QED) is 0.847. The van der Waals surface area contributed by atoms with E-state index in [4.69, 9.17) is 17.3 Å². The zero-order valence-electron chi connectivity index (χ0n) is 14.0. The number of nitrogens with zero attached hydrogens (tertiary/aromatic N) is 2. The summed E-state index contributed by atoms with van der Waals surface area (Å²) < 4.78 is 0. The lowest BCUT2D eigenvalue weighted by Crippen LogP contribution is -2.37. The molecule has 2 heterocycles. The third-order valence-electron chi connectivity index (χ3n) is 4.45. The Morgan fingerprint density at radius 3 is 2.50 bits per heavy atom. The minimum atomic E-state index is -0.452. The molecular weight excluding hydrogens is 366 g/mol. The smallest absolute Gasteiger partial charge is 0.248 e. The number of hydrogen-bond acceptors (Lipinski definition) is 4. The molecule has 4 rings (SSSR count). The van der Waals surface area contributed by atoms with E-state index in [1.54, 1.807) is 11.8 Å². The van der Waals surface area contributed by atoms with Crippen LogP contribution in [0.5, 0.6) is 0 Å². The second-order valence-corrected chi connectivity index (χ2v) is 7.34. The maximum absolute atomic E-state index is 12.2. The summed E-state index contributed by atoms with van der Waals surface area (Å²) in [6, 6.07) is 17.2. The van der Waals surface area contributed by atoms with Gasteiger partial charge in [0.05, 0.1) is 23.0 Å². The van der Waals surface area contributed by atoms with Crippen molar-refractivity contribution in [1.82, 2.24) is 4.90 Å². The molecule has 0 spiro atoms. The molecule has 6 heteroatoms. The van der Waals surface area contributed by atoms with Gasteiger partial charge in [0.15, 0.2) is 5.17 Å². The normalized spacial score (nSPS) is 19.2. The topological polar surface area (TPSA) is 58.7 Å². The van der Waals surface area contributed by atoms with Gasteiger partial charge in [0.2, 0.25) is 5.91 Å². The Morgan fingerprint density at radius 2 is 1.85 bits per heavy atom. The van der Waals surface area contributed by atoms with Gasteiger partial charge in [-0.2, -0.15) is 0 Å². The van der Waals surface area contributed by atoms with Crippen LogP contribution in [0.2, 0.25) is 5.02 Å². The second-order valence-electron chi connectivity index (χ2n) is 6.07. The molecule has 2 aromatic carbocycles. The van der Waals surface area contributed by atoms with Crippen molar-refractivity contribution in [2.45, 2.75) is 13.0 Å². The van der Waals surface area contributed by atoms with E-state index in [1.807, 2.05) is 61.5 Å². The Morgan fingerprint density at radius 1 is 1.15 bits per heavy atom. The zero-order chi connectivity index (χ0) is 18.3. The first kappa shape index (κ1) is 16.9. The molecule has 4 nitrogen and oxygen atoms in total. The van der Waals surface area contributed by atoms with Gasteiger partial charge in [0.1, 0.15) is 0 Å². The summed E-state index contributed by atoms with van der Waals surface area (Å²) in [5, 5.41) is 3.57. The number of carbonyl (C=O) groups is 1. The average Bonchev–Trinajstić information content (AvgIpc) is 3.05. The van der Waals surface area contributed by atoms with Crippen LogP contribution in [0.3, 0.4) is 0 Å². The highest BCUT2D eigenvalue weighted by Gasteiger charge is 2.39. The molecule has 1 amide bonds. The predicted octanol–water partition coefficient (Wildman–Crippen LogP) is 4.56. The maximum atomic E-state index is 12.2. The van der Waals surface area contributed by atoms with Crippen LogP contribution < -0.4 is 5.73 Å². The van der Waals surface area contributed by atoms with Crippen LogP contribution >= 0.6 is 23.4 Å². The highest BCUT2D eigenvalue weighted by Crippen LogP contribution is 2.46. The second kappa shape index (κ2) is 6.67. The first-order valence-electron chi connectivity index (χ1n) is 8.12. The molecule has 0 bridgehead atoms. The van der Waals surface area contributed by atoms with Crippen molar-refractivity contribution < 1.29 is 4.79 Å². The van der Waals surface area contributed by atoms with Crippen LogP contribution in [0.1, 0.15) is 24.1 Å². The minimum Gasteiger partial charge on any atom is -0.366 e. The molecule has 0 aliphatic carbocycles. The van der Waals surface area contributed by atoms with E-state index in [-0.39, 0.29) is 6.04 Å². The monoisotopic (exact) mass is 381 g/mol. The third kappa shape index (κ3) is 2.83. The first-order chi connectivity index (χ1) is 12.6. The van der Waals surface area contributed by atoms with Crippen molar-refractivity contribution in [2.75, 3.05) is 0 Å². The number of rotatable bonds is 3. The van der Waals surface area contributed by atoms with Crippen LogP contribution in [0, 0.1) is 0 Å². The molecule has 0 unspecified atom stereocenters. The molecule has 0 saturated carbocycles. The van der Waals surface area contributed by atoms with Gasteiger partial charge < -0.3 is 10.6 Å². The molecule has 1 atom stereocenters. The molecule has 130 valence electrons. The van der Waals surface area contributed by atoms with Crippen LogP contribution in [0.15, 0.2) is 76.3 Å². The van der Waals surface area contributed by atoms with Crippen LogP contribution in [0.4, 0.5) is 0 Å². The van der Waals surface area contributed by atoms with Crippen molar-refractivity contribution in [1.29, 1.82) is 0 Å². The Kier molecular flexibility index (Phi) is 4.34. The SMILES string of the molecule is CC1=C(C(N)=O)[C@H](c2ccccc2)N2C(c3ccc(Cl)cc3)=CSC2=N1. The van der Waals surface area contributed by atoms with Crippen molar-refractivity contribution in [3.05, 3.63) is 87.4 Å². The van der Waals surface area contributed by atoms with Gasteiger partial charge in [-0.25, -0.2) is 4.99 Å². The number of amides is 1. The molecule has 0 saturated heterocycles. The zero-order valence-corrected chi connectivity index (χ0v) is 15.6. The van der Waals surface area contributed by atoms with E-state index in [0.717, 1.165) is 22.0 Å². The van der Waals surface area contributed by atoms with Crippen LogP contribution in [-0.2, 0) is 4.79 Å². The van der Waals surface area contributed by atoms with Gasteiger partial charge in [-0.1, -0.05) is 65.8 Å². The lowest BCUT2D eigenvalue weighted by Gasteiger charge is -2.36. The Balaban J connectivity index is 1.87. The number of nitrogens with two attached hydrogens (primary N) is 1. The average molecular weight is 382 g/mol. The predicted molar refractivity (Wildman–Crippen MR) is 107 cm³/mol. The fourth-order valence-corrected chi connectivity index (χ4v) is 4.38. The van der Waals surface area contributed by atoms with E-state index in [1.165, 1.54) is 0 Å². The number of hydrogen-bond donors (Lipinski definition) is 1. The summed E-state index contributed by atoms with van der Waals surface area (Å²) in [5.74, 6) is -0.452. The summed E-state index contributed by atoms with van der Waals surface area (Å²) in [6.07, 6.45) is 0. The van der Waals surface area contributed by atoms with Gasteiger partial charge in [-0.3, -0.25) is 4.79 Å². The van der Waals surface area contributed by atoms with E-state index in [9.17, 15) is 4.79 Å². The molecule has 2 aromatic rings. The summed E-state index contributed by atoms with van der Waals surface area (Å²) in [7, 11) is 0. The number of amidine groups is 1. The van der Waals surface area contributed by atoms with Crippen molar-refractivity contribution >= 4 is 40.1 Å². The molecule has 2 N–H and O–H groups in total. The Labute approximate surface area is 161 Å². The van der Waals surface area contributed by atoms with Crippen LogP contribution in [-0.4, -0.2) is 16.0 Å². The van der Waals surface area contributed by atoms with Gasteiger partial charge in [-0.05, 0) is 30.2 Å². The highest BCUT2D eigenvalue weighted by atomic mass is 35.5. The summed E-state index contributed by atoms with van der Waals surface area (Å²) in [4.78, 5) is 19.0. The molecule has 0 fully saturated rings. The number of thioether (sulfide) groups is 1. The van der Waals surface area contributed by atoms with Gasteiger partial charge in [0, 0.05) is 10.4 Å². The van der Waals surface area contributed by atoms with Gasteiger partial charge >= 0.3 is 0 Å². The minimum absolute atomic E-state index is 0.307. The largest absolute Gasteiger partial charge is 0.366 e. The fourth-order valence-electron chi connectivity index (χ4n) is 3.28. The molecule has 26 heavy (non-hydrogen) atoms. The molecule has 2 aliphatic rings. The fraction of sp³-hybridized carbons (Fsp3) is 0.100. The molecule has 0 radical (unpaired) electrons. The van der Waals surface area contributed by atoms with E-state index < -0.39 is 5.91 Å². The molecule has 2 aliphatic heterocycles. The van der Waals surface area contributed by atoms with Gasteiger partial charge in [-0.15, -0.1) is 0 Å². The van der Waals surface area contributed by atoms with E-state index in [2.05, 4.69) is 15.3 Å². The summed E-state index contributed by atoms with van der Waals surface area (Å²) >= 11 is 7.58. The van der Waals surface area contributed by atoms with E-state index >= 15 is 0 Å². The number of primary amides is 1. The lowest BCUT2D eigenvalue weighted by atomic mass is 9.93. The van der Waals surface area contributed by atoms with Gasteiger partial charge in [0.25, 0.3) is 0 Å². The number of halogens is 1. The van der Waals surface area contributed by atoms with E-state index in [0.29, 0.717) is 16.3 Å². The molecule has 0 aromatic heterocycles. The van der Waals surface area contributed by atoms with Crippen molar-refractivity contribution in [3.8, 4) is 0 Å². The Bertz CT molecular complexity index is 964. The Hall–Kier alpha value is -2.50. The van der Waals surface area contributed by atoms with Crippen LogP contribution in [0.25, 0.3) is 5.70 Å². The third-order valence-corrected chi connectivity index (χ3v) is 5.54. The number of allylic oxidation sites excluding steroid dienone is 1. The van der Waals surface area contributed by atoms with Crippen molar-refractivity contribution in [3.63, 3.8) is 0 Å². The van der Waals surface area contributed by atoms with Crippen molar-refractivity contribution in [2.24, 2.45) is 10.7 Å². The maximum Gasteiger partial charge on any atom is 0.248 e. The molecular formula is C20H16ClN3OS. The number of aliphatic imine (C=N–C) groups is 1. The number of fused-ring (bicyclic) bond motifs is 1.